The number of rotatable bonds is 5. The zero-order valence-electron chi connectivity index (χ0n) is 14.0. The number of carbonyl (C=O) groups excluding carboxylic acids is 1. The average molecular weight is 345 g/mol. The van der Waals surface area contributed by atoms with Crippen molar-refractivity contribution in [1.82, 2.24) is 15.0 Å². The van der Waals surface area contributed by atoms with Crippen LogP contribution < -0.4 is 20.9 Å². The van der Waals surface area contributed by atoms with Crippen LogP contribution in [0.4, 0.5) is 11.9 Å². The Labute approximate surface area is 144 Å². The van der Waals surface area contributed by atoms with Crippen molar-refractivity contribution >= 4 is 17.9 Å². The Bertz CT molecular complexity index is 789. The quantitative estimate of drug-likeness (QED) is 0.756. The van der Waals surface area contributed by atoms with E-state index in [2.05, 4.69) is 15.0 Å². The molecule has 9 heteroatoms. The molecule has 25 heavy (non-hydrogen) atoms. The molecule has 0 saturated carbocycles. The lowest BCUT2D eigenvalue weighted by Crippen LogP contribution is -2.24. The maximum atomic E-state index is 11.9. The Morgan fingerprint density at radius 1 is 1.24 bits per heavy atom. The molecule has 0 bridgehead atoms. The highest BCUT2D eigenvalue weighted by Gasteiger charge is 2.32. The third-order valence-corrected chi connectivity index (χ3v) is 3.48. The van der Waals surface area contributed by atoms with Crippen LogP contribution in [-0.2, 0) is 22.6 Å². The number of benzene rings is 1. The molecule has 2 heterocycles. The van der Waals surface area contributed by atoms with Crippen LogP contribution in [0, 0.1) is 0 Å². The number of fused-ring (bicyclic) bond motifs is 1. The Kier molecular flexibility index (Phi) is 4.30. The van der Waals surface area contributed by atoms with E-state index in [9.17, 15) is 4.79 Å². The summed E-state index contributed by atoms with van der Waals surface area (Å²) >= 11 is 0. The van der Waals surface area contributed by atoms with Crippen molar-refractivity contribution in [3.63, 3.8) is 0 Å². The van der Waals surface area contributed by atoms with Crippen LogP contribution in [0.15, 0.2) is 18.2 Å². The van der Waals surface area contributed by atoms with E-state index < -0.39 is 5.97 Å². The number of hydrogen-bond donors (Lipinski definition) is 2. The van der Waals surface area contributed by atoms with Crippen LogP contribution in [0.3, 0.4) is 0 Å². The Morgan fingerprint density at radius 2 is 1.96 bits per heavy atom. The summed E-state index contributed by atoms with van der Waals surface area (Å²) in [5.74, 6) is 0.701. The molecule has 1 aliphatic heterocycles. The molecule has 0 aliphatic carbocycles. The molecule has 0 saturated heterocycles. The Hall–Kier alpha value is -3.10. The van der Waals surface area contributed by atoms with Gasteiger partial charge in [0.15, 0.2) is 30.5 Å². The topological polar surface area (TPSA) is 135 Å². The van der Waals surface area contributed by atoms with Gasteiger partial charge in [0.05, 0.1) is 0 Å². The monoisotopic (exact) mass is 345 g/mol. The fourth-order valence-electron chi connectivity index (χ4n) is 2.55. The van der Waals surface area contributed by atoms with Gasteiger partial charge in [0.1, 0.15) is 5.60 Å². The highest BCUT2D eigenvalue weighted by molar-refractivity contribution is 5.71. The van der Waals surface area contributed by atoms with Crippen LogP contribution in [0.5, 0.6) is 11.5 Å². The lowest BCUT2D eigenvalue weighted by Gasteiger charge is -2.18. The van der Waals surface area contributed by atoms with Crippen molar-refractivity contribution < 1.29 is 19.0 Å². The van der Waals surface area contributed by atoms with E-state index >= 15 is 0 Å². The normalized spacial score (nSPS) is 14.5. The van der Waals surface area contributed by atoms with Crippen LogP contribution >= 0.6 is 0 Å². The van der Waals surface area contributed by atoms with Crippen LogP contribution in [0.1, 0.15) is 25.2 Å². The first kappa shape index (κ1) is 16.7. The molecule has 1 aliphatic rings. The first-order valence-electron chi connectivity index (χ1n) is 7.68. The largest absolute Gasteiger partial charge is 0.483 e. The average Bonchev–Trinajstić information content (AvgIpc) is 2.84. The summed E-state index contributed by atoms with van der Waals surface area (Å²) in [6.45, 7) is 3.56. The number of aromatic nitrogens is 3. The molecular weight excluding hydrogens is 326 g/mol. The molecule has 0 spiro atoms. The Morgan fingerprint density at radius 3 is 2.68 bits per heavy atom. The summed E-state index contributed by atoms with van der Waals surface area (Å²) in [5, 5.41) is 0. The highest BCUT2D eigenvalue weighted by Crippen LogP contribution is 2.41. The van der Waals surface area contributed by atoms with Crippen molar-refractivity contribution in [3.05, 3.63) is 29.6 Å². The second-order valence-electron chi connectivity index (χ2n) is 6.20. The number of hydrogen-bond acceptors (Lipinski definition) is 9. The van der Waals surface area contributed by atoms with Gasteiger partial charge in [-0.05, 0) is 19.9 Å². The van der Waals surface area contributed by atoms with Crippen molar-refractivity contribution in [2.45, 2.75) is 32.5 Å². The minimum absolute atomic E-state index is 0.0330. The van der Waals surface area contributed by atoms with E-state index in [-0.39, 0.29) is 36.5 Å². The van der Waals surface area contributed by atoms with E-state index in [1.54, 1.807) is 6.07 Å². The Balaban J connectivity index is 1.56. The maximum absolute atomic E-state index is 11.9. The van der Waals surface area contributed by atoms with Gasteiger partial charge in [-0.3, -0.25) is 0 Å². The summed E-state index contributed by atoms with van der Waals surface area (Å²) in [6, 6.07) is 5.59. The fraction of sp³-hybridized carbons (Fsp3) is 0.375. The molecule has 1 aromatic carbocycles. The van der Waals surface area contributed by atoms with Gasteiger partial charge in [-0.1, -0.05) is 12.1 Å². The van der Waals surface area contributed by atoms with Gasteiger partial charge in [0.2, 0.25) is 11.9 Å². The molecular formula is C16H19N5O4. The van der Waals surface area contributed by atoms with Crippen LogP contribution in [0.25, 0.3) is 0 Å². The zero-order chi connectivity index (χ0) is 18.0. The van der Waals surface area contributed by atoms with Gasteiger partial charge < -0.3 is 25.7 Å². The molecule has 0 fully saturated rings. The van der Waals surface area contributed by atoms with Crippen LogP contribution in [0.2, 0.25) is 0 Å². The second-order valence-corrected chi connectivity index (χ2v) is 6.20. The summed E-state index contributed by atoms with van der Waals surface area (Å²) in [4.78, 5) is 23.2. The third kappa shape index (κ3) is 4.06. The van der Waals surface area contributed by atoms with Gasteiger partial charge in [0.25, 0.3) is 0 Å². The number of nitrogen functional groups attached to an aromatic ring is 2. The number of nitrogens with zero attached hydrogens (tertiary/aromatic N) is 3. The summed E-state index contributed by atoms with van der Waals surface area (Å²) in [5.41, 5.74) is 11.7. The van der Waals surface area contributed by atoms with Crippen molar-refractivity contribution in [3.8, 4) is 11.5 Å². The number of ether oxygens (including phenoxy) is 3. The predicted octanol–water partition coefficient (Wildman–Crippen LogP) is 0.872. The van der Waals surface area contributed by atoms with Crippen LogP contribution in [-0.4, -0.2) is 33.1 Å². The van der Waals surface area contributed by atoms with Gasteiger partial charge in [-0.15, -0.1) is 0 Å². The third-order valence-electron chi connectivity index (χ3n) is 3.48. The molecule has 132 valence electrons. The summed E-state index contributed by atoms with van der Waals surface area (Å²) < 4.78 is 16.5. The highest BCUT2D eigenvalue weighted by atomic mass is 16.6. The SMILES string of the molecule is CC1(C)Cc2cccc(OCC(=O)OCc3nc(N)nc(N)n3)c2O1. The van der Waals surface area contributed by atoms with Crippen molar-refractivity contribution in [1.29, 1.82) is 0 Å². The minimum atomic E-state index is -0.576. The van der Waals surface area contributed by atoms with E-state index in [4.69, 9.17) is 25.7 Å². The molecule has 0 radical (unpaired) electrons. The molecule has 4 N–H and O–H groups in total. The van der Waals surface area contributed by atoms with E-state index in [1.807, 2.05) is 26.0 Å². The number of nitrogens with two attached hydrogens (primary N) is 2. The molecule has 1 aromatic heterocycles. The van der Waals surface area contributed by atoms with Crippen molar-refractivity contribution in [2.24, 2.45) is 0 Å². The first-order chi connectivity index (χ1) is 11.8. The molecule has 0 amide bonds. The van der Waals surface area contributed by atoms with Gasteiger partial charge >= 0.3 is 5.97 Å². The lowest BCUT2D eigenvalue weighted by molar-refractivity contribution is -0.147. The molecule has 0 atom stereocenters. The fourth-order valence-corrected chi connectivity index (χ4v) is 2.55. The molecule has 9 nitrogen and oxygen atoms in total. The number of anilines is 2. The lowest BCUT2D eigenvalue weighted by atomic mass is 10.0. The molecule has 3 rings (SSSR count). The van der Waals surface area contributed by atoms with E-state index in [0.717, 1.165) is 12.0 Å². The number of carbonyl (C=O) groups is 1. The molecule has 2 aromatic rings. The van der Waals surface area contributed by atoms with E-state index in [0.29, 0.717) is 11.5 Å². The number of esters is 1. The summed E-state index contributed by atoms with van der Waals surface area (Å²) in [6.07, 6.45) is 0.784. The minimum Gasteiger partial charge on any atom is -0.483 e. The molecule has 0 unspecified atom stereocenters. The standard InChI is InChI=1S/C16H19N5O4/c1-16(2)6-9-4-3-5-10(13(9)25-16)23-8-12(22)24-7-11-19-14(17)21-15(18)20-11/h3-5H,6-8H2,1-2H3,(H4,17,18,19,20,21). The van der Waals surface area contributed by atoms with Gasteiger partial charge in [0, 0.05) is 12.0 Å². The van der Waals surface area contributed by atoms with Gasteiger partial charge in [-0.2, -0.15) is 15.0 Å². The smallest absolute Gasteiger partial charge is 0.344 e. The van der Waals surface area contributed by atoms with Crippen molar-refractivity contribution in [2.75, 3.05) is 18.1 Å². The van der Waals surface area contributed by atoms with Gasteiger partial charge in [-0.25, -0.2) is 4.79 Å². The second kappa shape index (κ2) is 6.42. The predicted molar refractivity (Wildman–Crippen MR) is 88.8 cm³/mol. The number of para-hydroxylation sites is 1. The summed E-state index contributed by atoms with van der Waals surface area (Å²) in [7, 11) is 0. The maximum Gasteiger partial charge on any atom is 0.344 e. The van der Waals surface area contributed by atoms with E-state index in [1.165, 1.54) is 0 Å². The zero-order valence-corrected chi connectivity index (χ0v) is 14.0. The first-order valence-corrected chi connectivity index (χ1v) is 7.68.